The number of ether oxygens (including phenoxy) is 2. The summed E-state index contributed by atoms with van der Waals surface area (Å²) < 4.78 is 11.9. The maximum absolute atomic E-state index is 13.0. The average Bonchev–Trinajstić information content (AvgIpc) is 2.54. The molecule has 2 aromatic carbocycles. The van der Waals surface area contributed by atoms with Crippen LogP contribution in [-0.4, -0.2) is 17.6 Å². The third-order valence-corrected chi connectivity index (χ3v) is 4.42. The van der Waals surface area contributed by atoms with Crippen molar-refractivity contribution in [3.05, 3.63) is 59.2 Å². The van der Waals surface area contributed by atoms with Crippen LogP contribution >= 0.6 is 0 Å². The summed E-state index contributed by atoms with van der Waals surface area (Å²) in [4.78, 5) is 13.0. The SMILES string of the molecule is Cc1ccc2c(c1)[C@@H](NC(=O)c1ccccc1OC(C)C)CC(C)(C)O2. The number of rotatable bonds is 4. The Kier molecular flexibility index (Phi) is 4.94. The molecule has 1 aliphatic heterocycles. The first-order valence-electron chi connectivity index (χ1n) is 9.11. The second kappa shape index (κ2) is 7.02. The smallest absolute Gasteiger partial charge is 0.255 e. The van der Waals surface area contributed by atoms with Gasteiger partial charge < -0.3 is 14.8 Å². The quantitative estimate of drug-likeness (QED) is 0.858. The highest BCUT2D eigenvalue weighted by Crippen LogP contribution is 2.40. The van der Waals surface area contributed by atoms with E-state index in [-0.39, 0.29) is 23.7 Å². The molecule has 3 rings (SSSR count). The highest BCUT2D eigenvalue weighted by atomic mass is 16.5. The monoisotopic (exact) mass is 353 g/mol. The van der Waals surface area contributed by atoms with Crippen LogP contribution in [0.2, 0.25) is 0 Å². The maximum atomic E-state index is 13.0. The number of para-hydroxylation sites is 1. The van der Waals surface area contributed by atoms with Gasteiger partial charge in [0.25, 0.3) is 5.91 Å². The van der Waals surface area contributed by atoms with Gasteiger partial charge in [-0.25, -0.2) is 0 Å². The molecule has 0 bridgehead atoms. The molecule has 0 fully saturated rings. The van der Waals surface area contributed by atoms with Crippen LogP contribution < -0.4 is 14.8 Å². The summed E-state index contributed by atoms with van der Waals surface area (Å²) in [5.74, 6) is 1.32. The Bertz CT molecular complexity index is 811. The standard InChI is InChI=1S/C22H27NO3/c1-14(2)25-19-9-7-6-8-16(19)21(24)23-18-13-22(4,5)26-20-11-10-15(3)12-17(18)20/h6-12,14,18H,13H2,1-5H3,(H,23,24)/t18-/m0/s1. The summed E-state index contributed by atoms with van der Waals surface area (Å²) in [7, 11) is 0. The molecule has 1 atom stereocenters. The number of carbonyl (C=O) groups excluding carboxylic acids is 1. The van der Waals surface area contributed by atoms with E-state index in [9.17, 15) is 4.79 Å². The largest absolute Gasteiger partial charge is 0.490 e. The number of benzene rings is 2. The zero-order valence-corrected chi connectivity index (χ0v) is 16.1. The summed E-state index contributed by atoms with van der Waals surface area (Å²) in [5, 5.41) is 3.19. The van der Waals surface area contributed by atoms with Crippen LogP contribution in [0.5, 0.6) is 11.5 Å². The molecule has 0 saturated heterocycles. The highest BCUT2D eigenvalue weighted by Gasteiger charge is 2.35. The number of hydrogen-bond acceptors (Lipinski definition) is 3. The van der Waals surface area contributed by atoms with Crippen LogP contribution in [0.4, 0.5) is 0 Å². The van der Waals surface area contributed by atoms with Crippen LogP contribution in [0.3, 0.4) is 0 Å². The summed E-state index contributed by atoms with van der Waals surface area (Å²) in [6, 6.07) is 13.4. The van der Waals surface area contributed by atoms with Crippen LogP contribution in [0.15, 0.2) is 42.5 Å². The Hall–Kier alpha value is -2.49. The van der Waals surface area contributed by atoms with Crippen molar-refractivity contribution in [3.8, 4) is 11.5 Å². The van der Waals surface area contributed by atoms with Crippen molar-refractivity contribution in [2.24, 2.45) is 0 Å². The third-order valence-electron chi connectivity index (χ3n) is 4.42. The number of nitrogens with one attached hydrogen (secondary N) is 1. The van der Waals surface area contributed by atoms with Crippen LogP contribution in [0.25, 0.3) is 0 Å². The minimum Gasteiger partial charge on any atom is -0.490 e. The first-order chi connectivity index (χ1) is 12.2. The van der Waals surface area contributed by atoms with Crippen molar-refractivity contribution in [2.45, 2.75) is 58.8 Å². The van der Waals surface area contributed by atoms with Crippen LogP contribution in [0.1, 0.15) is 61.6 Å². The van der Waals surface area contributed by atoms with Gasteiger partial charge in [-0.1, -0.05) is 29.8 Å². The van der Waals surface area contributed by atoms with Gasteiger partial charge in [-0.3, -0.25) is 4.79 Å². The lowest BCUT2D eigenvalue weighted by Gasteiger charge is -2.38. The fraction of sp³-hybridized carbons (Fsp3) is 0.409. The van der Waals surface area contributed by atoms with Crippen LogP contribution in [-0.2, 0) is 0 Å². The van der Waals surface area contributed by atoms with Gasteiger partial charge in [0.05, 0.1) is 17.7 Å². The predicted octanol–water partition coefficient (Wildman–Crippen LogP) is 4.81. The molecule has 4 heteroatoms. The summed E-state index contributed by atoms with van der Waals surface area (Å²) >= 11 is 0. The zero-order valence-electron chi connectivity index (χ0n) is 16.1. The van der Waals surface area contributed by atoms with Gasteiger partial charge in [-0.2, -0.15) is 0 Å². The number of hydrogen-bond donors (Lipinski definition) is 1. The molecule has 1 aliphatic rings. The lowest BCUT2D eigenvalue weighted by atomic mass is 9.88. The van der Waals surface area contributed by atoms with Gasteiger partial charge in [0, 0.05) is 12.0 Å². The molecule has 1 N–H and O–H groups in total. The van der Waals surface area contributed by atoms with Gasteiger partial charge in [0.15, 0.2) is 0 Å². The van der Waals surface area contributed by atoms with E-state index in [1.165, 1.54) is 0 Å². The number of aryl methyl sites for hydroxylation is 1. The summed E-state index contributed by atoms with van der Waals surface area (Å²) in [6.07, 6.45) is 0.719. The van der Waals surface area contributed by atoms with Crippen molar-refractivity contribution >= 4 is 5.91 Å². The van der Waals surface area contributed by atoms with Crippen molar-refractivity contribution in [1.82, 2.24) is 5.32 Å². The van der Waals surface area contributed by atoms with Gasteiger partial charge in [0.1, 0.15) is 17.1 Å². The lowest BCUT2D eigenvalue weighted by molar-refractivity contribution is 0.0618. The van der Waals surface area contributed by atoms with E-state index in [1.54, 1.807) is 6.07 Å². The minimum absolute atomic E-state index is 0.00865. The minimum atomic E-state index is -0.339. The first-order valence-corrected chi connectivity index (χ1v) is 9.11. The van der Waals surface area contributed by atoms with E-state index in [0.717, 1.165) is 16.9 Å². The second-order valence-electron chi connectivity index (χ2n) is 7.80. The van der Waals surface area contributed by atoms with Gasteiger partial charge >= 0.3 is 0 Å². The molecular formula is C22H27NO3. The van der Waals surface area contributed by atoms with Crippen molar-refractivity contribution < 1.29 is 14.3 Å². The molecule has 0 aliphatic carbocycles. The molecule has 138 valence electrons. The van der Waals surface area contributed by atoms with Crippen LogP contribution in [0, 0.1) is 6.92 Å². The molecule has 0 unspecified atom stereocenters. The maximum Gasteiger partial charge on any atom is 0.255 e. The van der Waals surface area contributed by atoms with E-state index < -0.39 is 0 Å². The first kappa shape index (κ1) is 18.3. The molecule has 0 aromatic heterocycles. The van der Waals surface area contributed by atoms with Gasteiger partial charge in [-0.05, 0) is 52.8 Å². The molecule has 0 saturated carbocycles. The van der Waals surface area contributed by atoms with E-state index in [1.807, 2.05) is 65.0 Å². The lowest BCUT2D eigenvalue weighted by Crippen LogP contribution is -2.41. The molecule has 4 nitrogen and oxygen atoms in total. The Labute approximate surface area is 155 Å². The van der Waals surface area contributed by atoms with E-state index in [0.29, 0.717) is 17.7 Å². The fourth-order valence-electron chi connectivity index (χ4n) is 3.35. The Morgan fingerprint density at radius 3 is 2.69 bits per heavy atom. The molecule has 2 aromatic rings. The summed E-state index contributed by atoms with van der Waals surface area (Å²) in [6.45, 7) is 10.0. The number of fused-ring (bicyclic) bond motifs is 1. The molecule has 0 radical (unpaired) electrons. The topological polar surface area (TPSA) is 47.6 Å². The highest BCUT2D eigenvalue weighted by molar-refractivity contribution is 5.97. The molecule has 26 heavy (non-hydrogen) atoms. The molecule has 0 spiro atoms. The Morgan fingerprint density at radius 1 is 1.23 bits per heavy atom. The van der Waals surface area contributed by atoms with Gasteiger partial charge in [0.2, 0.25) is 0 Å². The molecule has 1 heterocycles. The second-order valence-corrected chi connectivity index (χ2v) is 7.80. The van der Waals surface area contributed by atoms with E-state index >= 15 is 0 Å². The fourth-order valence-corrected chi connectivity index (χ4v) is 3.35. The number of amides is 1. The third kappa shape index (κ3) is 4.01. The van der Waals surface area contributed by atoms with Crippen molar-refractivity contribution in [2.75, 3.05) is 0 Å². The average molecular weight is 353 g/mol. The molecular weight excluding hydrogens is 326 g/mol. The summed E-state index contributed by atoms with van der Waals surface area (Å²) in [5.41, 5.74) is 2.39. The number of carbonyl (C=O) groups is 1. The van der Waals surface area contributed by atoms with E-state index in [4.69, 9.17) is 9.47 Å². The van der Waals surface area contributed by atoms with Crippen molar-refractivity contribution in [1.29, 1.82) is 0 Å². The van der Waals surface area contributed by atoms with Crippen molar-refractivity contribution in [3.63, 3.8) is 0 Å². The Morgan fingerprint density at radius 2 is 1.96 bits per heavy atom. The zero-order chi connectivity index (χ0) is 18.9. The normalized spacial score (nSPS) is 18.0. The van der Waals surface area contributed by atoms with E-state index in [2.05, 4.69) is 11.4 Å². The Balaban J connectivity index is 1.89. The predicted molar refractivity (Wildman–Crippen MR) is 103 cm³/mol. The molecule has 1 amide bonds. The van der Waals surface area contributed by atoms with Gasteiger partial charge in [-0.15, -0.1) is 0 Å².